The Kier molecular flexibility index (Phi) is 5.48. The topological polar surface area (TPSA) is 26.3 Å². The molecule has 2 aliphatic rings. The molecule has 0 saturated heterocycles. The first-order valence-electron chi connectivity index (χ1n) is 10.2. The Hall–Kier alpha value is -0.530. The molecule has 0 aromatic rings. The first kappa shape index (κ1) is 19.8. The number of carbonyl (C=O) groups excluding carboxylic acids is 1. The van der Waals surface area contributed by atoms with Crippen LogP contribution >= 0.6 is 0 Å². The summed E-state index contributed by atoms with van der Waals surface area (Å²) in [5, 5.41) is 0. The maximum atomic E-state index is 13.2. The molecule has 0 amide bonds. The van der Waals surface area contributed by atoms with Crippen LogP contribution in [0.2, 0.25) is 0 Å². The van der Waals surface area contributed by atoms with Crippen LogP contribution in [0.15, 0.2) is 0 Å². The Bertz CT molecular complexity index is 442. The molecule has 0 spiro atoms. The fraction of sp³-hybridized carbons (Fsp3) is 0.955. The summed E-state index contributed by atoms with van der Waals surface area (Å²) in [5.41, 5.74) is 0.220. The number of carbonyl (C=O) groups is 1. The standard InChI is InChI=1S/C22H40O2/c1-9-15-14-16(19(23)24-22(10-2)12-11-13-22)18(21(6,7)8)17(15)20(3,4)5/h15-18H,9-14H2,1-8H3. The Morgan fingerprint density at radius 3 is 1.88 bits per heavy atom. The van der Waals surface area contributed by atoms with Crippen molar-refractivity contribution < 1.29 is 9.53 Å². The van der Waals surface area contributed by atoms with Gasteiger partial charge in [0, 0.05) is 0 Å². The molecule has 0 N–H and O–H groups in total. The molecule has 0 aliphatic heterocycles. The predicted molar refractivity (Wildman–Crippen MR) is 101 cm³/mol. The molecule has 4 unspecified atom stereocenters. The van der Waals surface area contributed by atoms with E-state index in [0.717, 1.165) is 32.1 Å². The largest absolute Gasteiger partial charge is 0.459 e. The molecule has 2 saturated carbocycles. The van der Waals surface area contributed by atoms with Crippen LogP contribution in [-0.4, -0.2) is 11.6 Å². The summed E-state index contributed by atoms with van der Waals surface area (Å²) in [6.45, 7) is 18.4. The van der Waals surface area contributed by atoms with E-state index in [9.17, 15) is 4.79 Å². The lowest BCUT2D eigenvalue weighted by molar-refractivity contribution is -0.178. The normalized spacial score (nSPS) is 33.2. The lowest BCUT2D eigenvalue weighted by Crippen LogP contribution is -2.45. The van der Waals surface area contributed by atoms with Gasteiger partial charge in [0.1, 0.15) is 5.60 Å². The molecule has 4 atom stereocenters. The molecule has 0 aromatic heterocycles. The maximum absolute atomic E-state index is 13.2. The summed E-state index contributed by atoms with van der Waals surface area (Å²) < 4.78 is 6.15. The van der Waals surface area contributed by atoms with Crippen molar-refractivity contribution in [3.63, 3.8) is 0 Å². The molecule has 0 radical (unpaired) electrons. The summed E-state index contributed by atoms with van der Waals surface area (Å²) in [6.07, 6.45) is 6.46. The van der Waals surface area contributed by atoms with E-state index in [0.29, 0.717) is 17.8 Å². The van der Waals surface area contributed by atoms with Gasteiger partial charge in [-0.2, -0.15) is 0 Å². The van der Waals surface area contributed by atoms with Crippen molar-refractivity contribution in [2.75, 3.05) is 0 Å². The molecule has 2 heteroatoms. The van der Waals surface area contributed by atoms with Crippen LogP contribution in [-0.2, 0) is 9.53 Å². The molecule has 2 aliphatic carbocycles. The van der Waals surface area contributed by atoms with Gasteiger partial charge in [0.2, 0.25) is 0 Å². The van der Waals surface area contributed by atoms with Gasteiger partial charge in [0.25, 0.3) is 0 Å². The minimum Gasteiger partial charge on any atom is -0.459 e. The van der Waals surface area contributed by atoms with Crippen molar-refractivity contribution in [2.24, 2.45) is 34.5 Å². The van der Waals surface area contributed by atoms with Gasteiger partial charge in [-0.25, -0.2) is 0 Å². The summed E-state index contributed by atoms with van der Waals surface area (Å²) in [7, 11) is 0. The first-order chi connectivity index (χ1) is 10.9. The molecule has 2 nitrogen and oxygen atoms in total. The van der Waals surface area contributed by atoms with Gasteiger partial charge in [-0.15, -0.1) is 0 Å². The summed E-state index contributed by atoms with van der Waals surface area (Å²) in [5.74, 6) is 1.79. The van der Waals surface area contributed by atoms with Crippen LogP contribution in [0.3, 0.4) is 0 Å². The van der Waals surface area contributed by atoms with Crippen LogP contribution in [0.25, 0.3) is 0 Å². The second kappa shape index (κ2) is 6.65. The fourth-order valence-corrected chi connectivity index (χ4v) is 5.60. The Labute approximate surface area is 150 Å². The number of hydrogen-bond donors (Lipinski definition) is 0. The number of ether oxygens (including phenoxy) is 1. The van der Waals surface area contributed by atoms with Gasteiger partial charge in [-0.05, 0) is 60.7 Å². The smallest absolute Gasteiger partial charge is 0.309 e. The Morgan fingerprint density at radius 1 is 1.00 bits per heavy atom. The predicted octanol–water partition coefficient (Wildman–Crippen LogP) is 6.23. The first-order valence-corrected chi connectivity index (χ1v) is 10.2. The van der Waals surface area contributed by atoms with Crippen LogP contribution in [0.5, 0.6) is 0 Å². The summed E-state index contributed by atoms with van der Waals surface area (Å²) >= 11 is 0. The van der Waals surface area contributed by atoms with Gasteiger partial charge in [-0.1, -0.05) is 61.8 Å². The van der Waals surface area contributed by atoms with Crippen LogP contribution in [0.1, 0.15) is 93.9 Å². The van der Waals surface area contributed by atoms with E-state index >= 15 is 0 Å². The number of hydrogen-bond acceptors (Lipinski definition) is 2. The highest BCUT2D eigenvalue weighted by atomic mass is 16.6. The van der Waals surface area contributed by atoms with E-state index in [1.807, 2.05) is 0 Å². The molecule has 0 aromatic carbocycles. The Balaban J connectivity index is 2.28. The molecular weight excluding hydrogens is 296 g/mol. The average Bonchev–Trinajstić information content (AvgIpc) is 2.82. The number of esters is 1. The third-order valence-corrected chi connectivity index (χ3v) is 6.94. The zero-order valence-electron chi connectivity index (χ0n) is 17.4. The zero-order chi connectivity index (χ0) is 18.3. The second-order valence-electron chi connectivity index (χ2n) is 10.6. The van der Waals surface area contributed by atoms with Crippen molar-refractivity contribution in [2.45, 2.75) is 99.5 Å². The van der Waals surface area contributed by atoms with Crippen molar-refractivity contribution in [1.29, 1.82) is 0 Å². The molecule has 0 bridgehead atoms. The highest BCUT2D eigenvalue weighted by molar-refractivity contribution is 5.74. The fourth-order valence-electron chi connectivity index (χ4n) is 5.60. The zero-order valence-corrected chi connectivity index (χ0v) is 17.4. The molecule has 140 valence electrons. The van der Waals surface area contributed by atoms with Gasteiger partial charge in [0.15, 0.2) is 0 Å². The quantitative estimate of drug-likeness (QED) is 0.568. The summed E-state index contributed by atoms with van der Waals surface area (Å²) in [6, 6.07) is 0. The van der Waals surface area contributed by atoms with Crippen molar-refractivity contribution in [3.05, 3.63) is 0 Å². The van der Waals surface area contributed by atoms with E-state index in [-0.39, 0.29) is 28.3 Å². The maximum Gasteiger partial charge on any atom is 0.309 e. The van der Waals surface area contributed by atoms with Gasteiger partial charge in [-0.3, -0.25) is 4.79 Å². The molecule has 0 heterocycles. The lowest BCUT2D eigenvalue weighted by atomic mass is 9.62. The van der Waals surface area contributed by atoms with E-state index in [1.54, 1.807) is 0 Å². The third-order valence-electron chi connectivity index (χ3n) is 6.94. The van der Waals surface area contributed by atoms with Gasteiger partial charge in [0.05, 0.1) is 5.92 Å². The molecule has 2 rings (SSSR count). The van der Waals surface area contributed by atoms with Crippen LogP contribution in [0.4, 0.5) is 0 Å². The van der Waals surface area contributed by atoms with E-state index in [2.05, 4.69) is 55.4 Å². The minimum absolute atomic E-state index is 0.0724. The minimum atomic E-state index is -0.138. The SMILES string of the molecule is CCC1CC(C(=O)OC2(CC)CCC2)C(C(C)(C)C)C1C(C)(C)C. The highest BCUT2D eigenvalue weighted by Gasteiger charge is 2.55. The molecule has 24 heavy (non-hydrogen) atoms. The van der Waals surface area contributed by atoms with Crippen LogP contribution < -0.4 is 0 Å². The third kappa shape index (κ3) is 3.68. The van der Waals surface area contributed by atoms with Crippen molar-refractivity contribution >= 4 is 5.97 Å². The van der Waals surface area contributed by atoms with E-state index < -0.39 is 0 Å². The summed E-state index contributed by atoms with van der Waals surface area (Å²) in [4.78, 5) is 13.2. The molecule has 2 fully saturated rings. The number of rotatable bonds is 4. The second-order valence-corrected chi connectivity index (χ2v) is 10.6. The van der Waals surface area contributed by atoms with E-state index in [1.165, 1.54) is 6.42 Å². The monoisotopic (exact) mass is 336 g/mol. The molecular formula is C22H40O2. The lowest BCUT2D eigenvalue weighted by Gasteiger charge is -2.45. The van der Waals surface area contributed by atoms with Gasteiger partial charge < -0.3 is 4.74 Å². The van der Waals surface area contributed by atoms with Crippen molar-refractivity contribution in [1.82, 2.24) is 0 Å². The Morgan fingerprint density at radius 2 is 1.54 bits per heavy atom. The van der Waals surface area contributed by atoms with Crippen molar-refractivity contribution in [3.8, 4) is 0 Å². The average molecular weight is 337 g/mol. The van der Waals surface area contributed by atoms with Gasteiger partial charge >= 0.3 is 5.97 Å². The highest BCUT2D eigenvalue weighted by Crippen LogP contribution is 2.57. The van der Waals surface area contributed by atoms with Crippen LogP contribution in [0, 0.1) is 34.5 Å². The van der Waals surface area contributed by atoms with E-state index in [4.69, 9.17) is 4.74 Å².